The Morgan fingerprint density at radius 3 is 2.73 bits per heavy atom. The molecule has 0 aromatic rings. The Morgan fingerprint density at radius 1 is 1.33 bits per heavy atom. The van der Waals surface area contributed by atoms with Crippen molar-refractivity contribution in [3.8, 4) is 0 Å². The van der Waals surface area contributed by atoms with E-state index in [0.717, 1.165) is 19.3 Å². The highest BCUT2D eigenvalue weighted by Gasteiger charge is 2.31. The van der Waals surface area contributed by atoms with Crippen molar-refractivity contribution in [3.63, 3.8) is 0 Å². The molecule has 0 radical (unpaired) electrons. The van der Waals surface area contributed by atoms with Crippen LogP contribution in [0.3, 0.4) is 0 Å². The lowest BCUT2D eigenvalue weighted by Gasteiger charge is -2.33. The molecule has 88 valence electrons. The van der Waals surface area contributed by atoms with Crippen molar-refractivity contribution < 1.29 is 9.90 Å². The lowest BCUT2D eigenvalue weighted by atomic mass is 9.94. The van der Waals surface area contributed by atoms with Crippen LogP contribution in [-0.4, -0.2) is 16.7 Å². The van der Waals surface area contributed by atoms with E-state index < -0.39 is 5.72 Å². The van der Waals surface area contributed by atoms with Crippen LogP contribution >= 0.6 is 0 Å². The summed E-state index contributed by atoms with van der Waals surface area (Å²) in [5.41, 5.74) is -0.901. The van der Waals surface area contributed by atoms with Crippen LogP contribution in [0.25, 0.3) is 0 Å². The first-order chi connectivity index (χ1) is 7.16. The van der Waals surface area contributed by atoms with Crippen LogP contribution in [-0.2, 0) is 4.79 Å². The molecule has 3 heteroatoms. The molecule has 0 saturated carbocycles. The second-order valence-electron chi connectivity index (χ2n) is 4.60. The maximum atomic E-state index is 11.1. The summed E-state index contributed by atoms with van der Waals surface area (Å²) in [6.07, 6.45) is 8.72. The highest BCUT2D eigenvalue weighted by atomic mass is 16.3. The SMILES string of the molecule is CCCCCCCC1(O)CCCC(=O)N1. The summed E-state index contributed by atoms with van der Waals surface area (Å²) in [7, 11) is 0. The third-order valence-electron chi connectivity index (χ3n) is 3.06. The molecule has 0 aromatic heterocycles. The van der Waals surface area contributed by atoms with E-state index in [-0.39, 0.29) is 5.91 Å². The minimum atomic E-state index is -0.901. The first-order valence-electron chi connectivity index (χ1n) is 6.20. The molecule has 2 N–H and O–H groups in total. The van der Waals surface area contributed by atoms with E-state index in [1.807, 2.05) is 0 Å². The van der Waals surface area contributed by atoms with E-state index in [0.29, 0.717) is 19.3 Å². The van der Waals surface area contributed by atoms with Gasteiger partial charge in [0.2, 0.25) is 5.91 Å². The Kier molecular flexibility index (Phi) is 5.09. The van der Waals surface area contributed by atoms with Gasteiger partial charge in [0.1, 0.15) is 5.72 Å². The lowest BCUT2D eigenvalue weighted by Crippen LogP contribution is -2.51. The number of hydrogen-bond donors (Lipinski definition) is 2. The number of nitrogens with one attached hydrogen (secondary N) is 1. The number of piperidine rings is 1. The largest absolute Gasteiger partial charge is 0.371 e. The van der Waals surface area contributed by atoms with Crippen LogP contribution < -0.4 is 5.32 Å². The van der Waals surface area contributed by atoms with Crippen LogP contribution in [0.1, 0.15) is 64.7 Å². The van der Waals surface area contributed by atoms with Gasteiger partial charge in [0.15, 0.2) is 0 Å². The number of rotatable bonds is 6. The number of carbonyl (C=O) groups is 1. The smallest absolute Gasteiger partial charge is 0.222 e. The van der Waals surface area contributed by atoms with E-state index in [4.69, 9.17) is 0 Å². The highest BCUT2D eigenvalue weighted by Crippen LogP contribution is 2.23. The first kappa shape index (κ1) is 12.5. The van der Waals surface area contributed by atoms with Gasteiger partial charge in [-0.25, -0.2) is 0 Å². The first-order valence-corrected chi connectivity index (χ1v) is 6.20. The Bertz CT molecular complexity index is 206. The second-order valence-corrected chi connectivity index (χ2v) is 4.60. The summed E-state index contributed by atoms with van der Waals surface area (Å²) in [5, 5.41) is 12.8. The zero-order chi connectivity index (χ0) is 11.1. The van der Waals surface area contributed by atoms with Gasteiger partial charge in [-0.1, -0.05) is 32.6 Å². The summed E-state index contributed by atoms with van der Waals surface area (Å²) in [4.78, 5) is 11.1. The second kappa shape index (κ2) is 6.11. The molecule has 1 heterocycles. The van der Waals surface area contributed by atoms with Gasteiger partial charge >= 0.3 is 0 Å². The van der Waals surface area contributed by atoms with Crippen molar-refractivity contribution in [2.45, 2.75) is 70.4 Å². The van der Waals surface area contributed by atoms with Gasteiger partial charge < -0.3 is 10.4 Å². The van der Waals surface area contributed by atoms with Gasteiger partial charge in [-0.05, 0) is 25.7 Å². The normalized spacial score (nSPS) is 26.4. The Morgan fingerprint density at radius 2 is 2.07 bits per heavy atom. The zero-order valence-electron chi connectivity index (χ0n) is 9.72. The fourth-order valence-corrected chi connectivity index (χ4v) is 2.13. The van der Waals surface area contributed by atoms with E-state index in [1.54, 1.807) is 0 Å². The topological polar surface area (TPSA) is 49.3 Å². The van der Waals surface area contributed by atoms with Crippen LogP contribution in [0.2, 0.25) is 0 Å². The molecule has 1 aliphatic heterocycles. The van der Waals surface area contributed by atoms with Gasteiger partial charge in [0, 0.05) is 6.42 Å². The van der Waals surface area contributed by atoms with Crippen molar-refractivity contribution in [1.29, 1.82) is 0 Å². The maximum absolute atomic E-state index is 11.1. The Labute approximate surface area is 92.3 Å². The number of aliphatic hydroxyl groups is 1. The van der Waals surface area contributed by atoms with Crippen LogP contribution in [0, 0.1) is 0 Å². The molecule has 0 spiro atoms. The van der Waals surface area contributed by atoms with Crippen LogP contribution in [0.15, 0.2) is 0 Å². The molecular weight excluding hydrogens is 190 g/mol. The van der Waals surface area contributed by atoms with Crippen LogP contribution in [0.5, 0.6) is 0 Å². The van der Waals surface area contributed by atoms with Gasteiger partial charge in [-0.2, -0.15) is 0 Å². The summed E-state index contributed by atoms with van der Waals surface area (Å²) < 4.78 is 0. The summed E-state index contributed by atoms with van der Waals surface area (Å²) in [6, 6.07) is 0. The van der Waals surface area contributed by atoms with Crippen molar-refractivity contribution in [2.75, 3.05) is 0 Å². The van der Waals surface area contributed by atoms with Gasteiger partial charge in [0.05, 0.1) is 0 Å². The molecule has 3 nitrogen and oxygen atoms in total. The molecular formula is C12H23NO2. The molecule has 15 heavy (non-hydrogen) atoms. The third kappa shape index (κ3) is 4.65. The van der Waals surface area contributed by atoms with Crippen molar-refractivity contribution in [2.24, 2.45) is 0 Å². The molecule has 1 unspecified atom stereocenters. The standard InChI is InChI=1S/C12H23NO2/c1-2-3-4-5-6-9-12(15)10-7-8-11(14)13-12/h15H,2-10H2,1H3,(H,13,14). The van der Waals surface area contributed by atoms with Gasteiger partial charge in [0.25, 0.3) is 0 Å². The number of hydrogen-bond acceptors (Lipinski definition) is 2. The monoisotopic (exact) mass is 213 g/mol. The Balaban J connectivity index is 2.15. The predicted octanol–water partition coefficient (Wildman–Crippen LogP) is 2.34. The number of unbranched alkanes of at least 4 members (excludes halogenated alkanes) is 4. The lowest BCUT2D eigenvalue weighted by molar-refractivity contribution is -0.134. The average Bonchev–Trinajstić information content (AvgIpc) is 2.17. The summed E-state index contributed by atoms with van der Waals surface area (Å²) >= 11 is 0. The zero-order valence-corrected chi connectivity index (χ0v) is 9.72. The average molecular weight is 213 g/mol. The van der Waals surface area contributed by atoms with Gasteiger partial charge in [-0.3, -0.25) is 4.79 Å². The minimum Gasteiger partial charge on any atom is -0.371 e. The molecule has 1 fully saturated rings. The Hall–Kier alpha value is -0.570. The van der Waals surface area contributed by atoms with Crippen molar-refractivity contribution >= 4 is 5.91 Å². The molecule has 1 rings (SSSR count). The van der Waals surface area contributed by atoms with E-state index in [9.17, 15) is 9.90 Å². The van der Waals surface area contributed by atoms with E-state index in [1.165, 1.54) is 19.3 Å². The molecule has 1 amide bonds. The third-order valence-corrected chi connectivity index (χ3v) is 3.06. The molecule has 0 bridgehead atoms. The summed E-state index contributed by atoms with van der Waals surface area (Å²) in [6.45, 7) is 2.19. The van der Waals surface area contributed by atoms with Gasteiger partial charge in [-0.15, -0.1) is 0 Å². The molecule has 1 atom stereocenters. The van der Waals surface area contributed by atoms with Crippen molar-refractivity contribution in [1.82, 2.24) is 5.32 Å². The van der Waals surface area contributed by atoms with Crippen LogP contribution in [0.4, 0.5) is 0 Å². The minimum absolute atomic E-state index is 0.00249. The maximum Gasteiger partial charge on any atom is 0.222 e. The molecule has 1 aliphatic rings. The molecule has 0 aromatic carbocycles. The fraction of sp³-hybridized carbons (Fsp3) is 0.917. The number of amides is 1. The number of carbonyl (C=O) groups excluding carboxylic acids is 1. The molecule has 1 saturated heterocycles. The van der Waals surface area contributed by atoms with E-state index in [2.05, 4.69) is 12.2 Å². The van der Waals surface area contributed by atoms with E-state index >= 15 is 0 Å². The molecule has 0 aliphatic carbocycles. The fourth-order valence-electron chi connectivity index (χ4n) is 2.13. The highest BCUT2D eigenvalue weighted by molar-refractivity contribution is 5.77. The predicted molar refractivity (Wildman–Crippen MR) is 60.3 cm³/mol. The van der Waals surface area contributed by atoms with Crippen molar-refractivity contribution in [3.05, 3.63) is 0 Å². The summed E-state index contributed by atoms with van der Waals surface area (Å²) in [5.74, 6) is -0.00249. The quantitative estimate of drug-likeness (QED) is 0.665.